The molecule has 0 spiro atoms. The van der Waals surface area contributed by atoms with E-state index in [9.17, 15) is 14.7 Å². The average molecular weight is 407 g/mol. The second-order valence-corrected chi connectivity index (χ2v) is 7.04. The maximum absolute atomic E-state index is 13.4. The minimum absolute atomic E-state index is 0.0411. The summed E-state index contributed by atoms with van der Waals surface area (Å²) < 4.78 is 17.6. The number of aryl methyl sites for hydroxylation is 1. The zero-order chi connectivity index (χ0) is 21.4. The van der Waals surface area contributed by atoms with Gasteiger partial charge < -0.3 is 23.9 Å². The zero-order valence-corrected chi connectivity index (χ0v) is 16.8. The summed E-state index contributed by atoms with van der Waals surface area (Å²) in [5, 5.41) is 10.5. The average Bonchev–Trinajstić information content (AvgIpc) is 3.07. The lowest BCUT2D eigenvalue weighted by molar-refractivity contribution is 0.0450. The van der Waals surface area contributed by atoms with E-state index in [0.29, 0.717) is 28.3 Å². The van der Waals surface area contributed by atoms with E-state index in [1.165, 1.54) is 10.6 Å². The van der Waals surface area contributed by atoms with Crippen LogP contribution in [0.5, 0.6) is 17.2 Å². The van der Waals surface area contributed by atoms with Crippen molar-refractivity contribution in [2.24, 2.45) is 0 Å². The van der Waals surface area contributed by atoms with Gasteiger partial charge in [0.2, 0.25) is 0 Å². The Hall–Kier alpha value is -3.74. The van der Waals surface area contributed by atoms with Gasteiger partial charge >= 0.3 is 5.97 Å². The van der Waals surface area contributed by atoms with E-state index in [0.717, 1.165) is 5.56 Å². The lowest BCUT2D eigenvalue weighted by Crippen LogP contribution is -2.28. The van der Waals surface area contributed by atoms with Crippen molar-refractivity contribution in [3.05, 3.63) is 86.8 Å². The first-order valence-electron chi connectivity index (χ1n) is 9.38. The van der Waals surface area contributed by atoms with Gasteiger partial charge in [-0.2, -0.15) is 0 Å². The van der Waals surface area contributed by atoms with E-state index in [1.807, 2.05) is 6.07 Å². The van der Waals surface area contributed by atoms with Gasteiger partial charge in [0.15, 0.2) is 17.6 Å². The van der Waals surface area contributed by atoms with Crippen LogP contribution in [0.15, 0.2) is 53.3 Å². The molecule has 3 aromatic rings. The first kappa shape index (κ1) is 19.6. The molecule has 7 heteroatoms. The predicted octanol–water partition coefficient (Wildman–Crippen LogP) is 3.19. The second-order valence-electron chi connectivity index (χ2n) is 7.04. The number of benzene rings is 2. The third kappa shape index (κ3) is 3.18. The predicted molar refractivity (Wildman–Crippen MR) is 109 cm³/mol. The van der Waals surface area contributed by atoms with Crippen LogP contribution in [-0.4, -0.2) is 29.9 Å². The van der Waals surface area contributed by atoms with Crippen molar-refractivity contribution in [1.82, 2.24) is 4.57 Å². The van der Waals surface area contributed by atoms with Crippen molar-refractivity contribution in [2.75, 3.05) is 14.2 Å². The lowest BCUT2D eigenvalue weighted by Gasteiger charge is -2.18. The fourth-order valence-electron chi connectivity index (χ4n) is 3.73. The number of rotatable bonds is 5. The maximum Gasteiger partial charge on any atom is 0.339 e. The van der Waals surface area contributed by atoms with Crippen LogP contribution in [0.2, 0.25) is 0 Å². The van der Waals surface area contributed by atoms with Crippen LogP contribution in [0, 0.1) is 6.92 Å². The van der Waals surface area contributed by atoms with Gasteiger partial charge in [-0.15, -0.1) is 0 Å². The number of carbonyl (C=O) groups excluding carboxylic acids is 1. The molecule has 30 heavy (non-hydrogen) atoms. The van der Waals surface area contributed by atoms with Crippen molar-refractivity contribution in [3.63, 3.8) is 0 Å². The monoisotopic (exact) mass is 407 g/mol. The van der Waals surface area contributed by atoms with E-state index in [4.69, 9.17) is 14.2 Å². The van der Waals surface area contributed by atoms with Crippen LogP contribution in [0.25, 0.3) is 0 Å². The zero-order valence-electron chi connectivity index (χ0n) is 16.8. The molecule has 7 nitrogen and oxygen atoms in total. The molecule has 1 aromatic heterocycles. The molecule has 2 aromatic carbocycles. The van der Waals surface area contributed by atoms with Crippen molar-refractivity contribution < 1.29 is 24.1 Å². The van der Waals surface area contributed by atoms with Crippen LogP contribution in [-0.2, 0) is 11.3 Å². The molecule has 154 valence electrons. The van der Waals surface area contributed by atoms with Gasteiger partial charge in [-0.1, -0.05) is 24.3 Å². The molecule has 0 saturated carbocycles. The number of methoxy groups -OCH3 is 2. The Morgan fingerprint density at radius 1 is 1.03 bits per heavy atom. The molecular formula is C23H21NO6. The molecule has 0 aliphatic carbocycles. The normalized spacial score (nSPS) is 14.9. The fourth-order valence-corrected chi connectivity index (χ4v) is 3.73. The number of cyclic esters (lactones) is 1. The summed E-state index contributed by atoms with van der Waals surface area (Å²) in [7, 11) is 3.10. The molecule has 1 aliphatic rings. The Labute approximate surface area is 173 Å². The van der Waals surface area contributed by atoms with Gasteiger partial charge in [0.1, 0.15) is 11.3 Å². The van der Waals surface area contributed by atoms with Crippen molar-refractivity contribution in [3.8, 4) is 17.2 Å². The summed E-state index contributed by atoms with van der Waals surface area (Å²) in [4.78, 5) is 25.6. The highest BCUT2D eigenvalue weighted by molar-refractivity contribution is 5.94. The standard InChI is InChI=1S/C23H21NO6/c1-13-10-17(25)20(21-15-6-4-5-7-16(15)23(27)30-21)22(26)24(13)12-14-8-9-18(28-2)19(11-14)29-3/h4-11,21,25H,12H2,1-3H3. The van der Waals surface area contributed by atoms with Gasteiger partial charge in [0.25, 0.3) is 5.56 Å². The Kier molecular flexibility index (Phi) is 4.95. The molecule has 0 saturated heterocycles. The maximum atomic E-state index is 13.4. The van der Waals surface area contributed by atoms with Crippen molar-refractivity contribution >= 4 is 5.97 Å². The molecule has 4 rings (SSSR count). The molecular weight excluding hydrogens is 386 g/mol. The molecule has 0 fully saturated rings. The Morgan fingerprint density at radius 2 is 1.77 bits per heavy atom. The van der Waals surface area contributed by atoms with Crippen LogP contribution in [0.1, 0.15) is 38.8 Å². The smallest absolute Gasteiger partial charge is 0.339 e. The Bertz CT molecular complexity index is 1200. The van der Waals surface area contributed by atoms with Gasteiger partial charge in [0.05, 0.1) is 26.3 Å². The van der Waals surface area contributed by atoms with Crippen LogP contribution < -0.4 is 15.0 Å². The van der Waals surface area contributed by atoms with Gasteiger partial charge in [-0.05, 0) is 36.8 Å². The summed E-state index contributed by atoms with van der Waals surface area (Å²) in [5.74, 6) is 0.432. The fraction of sp³-hybridized carbons (Fsp3) is 0.217. The number of fused-ring (bicyclic) bond motifs is 1. The van der Waals surface area contributed by atoms with Crippen LogP contribution in [0.4, 0.5) is 0 Å². The Balaban J connectivity index is 1.79. The van der Waals surface area contributed by atoms with Crippen LogP contribution >= 0.6 is 0 Å². The summed E-state index contributed by atoms with van der Waals surface area (Å²) in [5.41, 5.74) is 1.98. The third-order valence-electron chi connectivity index (χ3n) is 5.26. The van der Waals surface area contributed by atoms with E-state index in [2.05, 4.69) is 0 Å². The van der Waals surface area contributed by atoms with Gasteiger partial charge in [0, 0.05) is 11.3 Å². The number of aromatic hydroxyl groups is 1. The topological polar surface area (TPSA) is 87.0 Å². The van der Waals surface area contributed by atoms with Crippen LogP contribution in [0.3, 0.4) is 0 Å². The third-order valence-corrected chi connectivity index (χ3v) is 5.26. The molecule has 1 N–H and O–H groups in total. The number of ether oxygens (including phenoxy) is 3. The number of pyridine rings is 1. The Morgan fingerprint density at radius 3 is 2.50 bits per heavy atom. The summed E-state index contributed by atoms with van der Waals surface area (Å²) in [6, 6.07) is 13.8. The minimum Gasteiger partial charge on any atom is -0.507 e. The highest BCUT2D eigenvalue weighted by Gasteiger charge is 2.36. The molecule has 1 aliphatic heterocycles. The number of carbonyl (C=O) groups is 1. The highest BCUT2D eigenvalue weighted by Crippen LogP contribution is 2.38. The molecule has 1 unspecified atom stereocenters. The summed E-state index contributed by atoms with van der Waals surface area (Å²) >= 11 is 0. The molecule has 0 amide bonds. The molecule has 0 bridgehead atoms. The lowest BCUT2D eigenvalue weighted by atomic mass is 9.99. The quantitative estimate of drug-likeness (QED) is 0.654. The van der Waals surface area contributed by atoms with Gasteiger partial charge in [-0.3, -0.25) is 4.79 Å². The summed E-state index contributed by atoms with van der Waals surface area (Å²) in [6.45, 7) is 1.99. The van der Waals surface area contributed by atoms with E-state index < -0.39 is 17.6 Å². The second kappa shape index (κ2) is 7.59. The first-order chi connectivity index (χ1) is 14.4. The number of hydrogen-bond donors (Lipinski definition) is 1. The molecule has 1 atom stereocenters. The van der Waals surface area contributed by atoms with Crippen molar-refractivity contribution in [1.29, 1.82) is 0 Å². The van der Waals surface area contributed by atoms with E-state index in [-0.39, 0.29) is 17.9 Å². The number of nitrogens with zero attached hydrogens (tertiary/aromatic N) is 1. The largest absolute Gasteiger partial charge is 0.507 e. The van der Waals surface area contributed by atoms with E-state index in [1.54, 1.807) is 57.5 Å². The molecule has 0 radical (unpaired) electrons. The number of esters is 1. The van der Waals surface area contributed by atoms with Crippen molar-refractivity contribution in [2.45, 2.75) is 19.6 Å². The number of hydrogen-bond acceptors (Lipinski definition) is 6. The summed E-state index contributed by atoms with van der Waals surface area (Å²) in [6.07, 6.45) is -0.946. The first-order valence-corrected chi connectivity index (χ1v) is 9.38. The molecule has 2 heterocycles. The number of aromatic nitrogens is 1. The highest BCUT2D eigenvalue weighted by atomic mass is 16.5. The van der Waals surface area contributed by atoms with Gasteiger partial charge in [-0.25, -0.2) is 4.79 Å². The minimum atomic E-state index is -0.946. The van der Waals surface area contributed by atoms with E-state index >= 15 is 0 Å². The SMILES string of the molecule is COc1ccc(Cn2c(C)cc(O)c(C3OC(=O)c4ccccc43)c2=O)cc1OC.